The van der Waals surface area contributed by atoms with E-state index in [1.807, 2.05) is 36.5 Å². The number of carbonyl (C=O) groups excluding carboxylic acids is 1. The minimum Gasteiger partial charge on any atom is -0.461 e. The maximum Gasteiger partial charge on any atom is 0.309 e. The van der Waals surface area contributed by atoms with Gasteiger partial charge in [-0.15, -0.1) is 0 Å². The highest BCUT2D eigenvalue weighted by molar-refractivity contribution is 5.75. The molecule has 4 nitrogen and oxygen atoms in total. The van der Waals surface area contributed by atoms with E-state index in [0.717, 1.165) is 17.7 Å². The number of benzene rings is 1. The molecule has 1 aromatic heterocycles. The predicted octanol–water partition coefficient (Wildman–Crippen LogP) is 2.57. The van der Waals surface area contributed by atoms with Crippen LogP contribution in [0.1, 0.15) is 18.9 Å². The van der Waals surface area contributed by atoms with E-state index in [2.05, 4.69) is 12.0 Å². The fourth-order valence-electron chi connectivity index (χ4n) is 2.08. The van der Waals surface area contributed by atoms with Crippen LogP contribution in [0, 0.1) is 11.8 Å². The molecule has 1 heterocycles. The summed E-state index contributed by atoms with van der Waals surface area (Å²) in [5.41, 5.74) is 1.99. The van der Waals surface area contributed by atoms with E-state index in [4.69, 9.17) is 4.74 Å². The molecule has 0 spiro atoms. The predicted molar refractivity (Wildman–Crippen MR) is 70.6 cm³/mol. The lowest BCUT2D eigenvalue weighted by Crippen LogP contribution is -2.07. The Morgan fingerprint density at radius 1 is 1.42 bits per heavy atom. The maximum absolute atomic E-state index is 11.6. The number of esters is 1. The smallest absolute Gasteiger partial charge is 0.309 e. The summed E-state index contributed by atoms with van der Waals surface area (Å²) in [4.78, 5) is 11.6. The highest BCUT2D eigenvalue weighted by Gasteiger charge is 2.40. The van der Waals surface area contributed by atoms with E-state index in [1.165, 1.54) is 0 Å². The molecule has 0 aliphatic heterocycles. The molecule has 2 aromatic rings. The molecule has 0 saturated heterocycles. The Bertz CT molecular complexity index is 560. The van der Waals surface area contributed by atoms with Crippen molar-refractivity contribution >= 4 is 5.97 Å². The van der Waals surface area contributed by atoms with Crippen LogP contribution in [0.2, 0.25) is 0 Å². The van der Waals surface area contributed by atoms with Crippen molar-refractivity contribution in [2.75, 3.05) is 0 Å². The first-order valence-electron chi connectivity index (χ1n) is 6.49. The van der Waals surface area contributed by atoms with Gasteiger partial charge in [-0.2, -0.15) is 5.10 Å². The van der Waals surface area contributed by atoms with Crippen LogP contribution in [0.4, 0.5) is 0 Å². The highest BCUT2D eigenvalue weighted by atomic mass is 16.5. The molecule has 3 rings (SSSR count). The summed E-state index contributed by atoms with van der Waals surface area (Å²) in [6.45, 7) is 2.42. The van der Waals surface area contributed by atoms with Crippen LogP contribution in [0.25, 0.3) is 5.69 Å². The first kappa shape index (κ1) is 12.0. The average molecular weight is 256 g/mol. The van der Waals surface area contributed by atoms with Crippen molar-refractivity contribution in [1.82, 2.24) is 9.78 Å². The molecule has 0 amide bonds. The molecule has 0 radical (unpaired) electrons. The third kappa shape index (κ3) is 2.67. The number of aromatic nitrogens is 2. The fraction of sp³-hybridized carbons (Fsp3) is 0.333. The van der Waals surface area contributed by atoms with Crippen LogP contribution < -0.4 is 0 Å². The van der Waals surface area contributed by atoms with Crippen LogP contribution in [0.15, 0.2) is 42.7 Å². The first-order valence-corrected chi connectivity index (χ1v) is 6.49. The molecule has 19 heavy (non-hydrogen) atoms. The van der Waals surface area contributed by atoms with E-state index < -0.39 is 0 Å². The van der Waals surface area contributed by atoms with Crippen LogP contribution in [-0.2, 0) is 16.1 Å². The van der Waals surface area contributed by atoms with Crippen LogP contribution >= 0.6 is 0 Å². The molecule has 0 N–H and O–H groups in total. The van der Waals surface area contributed by atoms with Gasteiger partial charge in [0.25, 0.3) is 0 Å². The van der Waals surface area contributed by atoms with Gasteiger partial charge in [-0.05, 0) is 36.1 Å². The SMILES string of the molecule is CC1CC1C(=O)OCc1ccc(-n2cccn2)cc1. The second kappa shape index (κ2) is 4.88. The van der Waals surface area contributed by atoms with Gasteiger partial charge >= 0.3 is 5.97 Å². The van der Waals surface area contributed by atoms with E-state index in [0.29, 0.717) is 12.5 Å². The summed E-state index contributed by atoms with van der Waals surface area (Å²) in [7, 11) is 0. The summed E-state index contributed by atoms with van der Waals surface area (Å²) < 4.78 is 7.08. The average Bonchev–Trinajstić information content (AvgIpc) is 2.94. The summed E-state index contributed by atoms with van der Waals surface area (Å²) in [6.07, 6.45) is 4.60. The van der Waals surface area contributed by atoms with Crippen molar-refractivity contribution in [3.8, 4) is 5.69 Å². The van der Waals surface area contributed by atoms with Crippen LogP contribution in [-0.4, -0.2) is 15.7 Å². The summed E-state index contributed by atoms with van der Waals surface area (Å²) in [5, 5.41) is 4.16. The molecule has 0 bridgehead atoms. The van der Waals surface area contributed by atoms with Gasteiger partial charge in [-0.3, -0.25) is 4.79 Å². The van der Waals surface area contributed by atoms with Gasteiger partial charge in [-0.1, -0.05) is 19.1 Å². The number of carbonyl (C=O) groups is 1. The first-order chi connectivity index (χ1) is 9.24. The summed E-state index contributed by atoms with van der Waals surface area (Å²) in [6, 6.07) is 9.74. The summed E-state index contributed by atoms with van der Waals surface area (Å²) in [5.74, 6) is 0.557. The van der Waals surface area contributed by atoms with E-state index >= 15 is 0 Å². The minimum atomic E-state index is -0.0661. The van der Waals surface area contributed by atoms with Gasteiger partial charge in [0, 0.05) is 12.4 Å². The Morgan fingerprint density at radius 3 is 2.74 bits per heavy atom. The lowest BCUT2D eigenvalue weighted by molar-refractivity contribution is -0.146. The van der Waals surface area contributed by atoms with Gasteiger partial charge in [0.05, 0.1) is 11.6 Å². The molecule has 1 saturated carbocycles. The van der Waals surface area contributed by atoms with Crippen molar-refractivity contribution in [2.45, 2.75) is 20.0 Å². The van der Waals surface area contributed by atoms with Crippen molar-refractivity contribution in [3.63, 3.8) is 0 Å². The van der Waals surface area contributed by atoms with Gasteiger partial charge in [0.2, 0.25) is 0 Å². The Labute approximate surface area is 112 Å². The normalized spacial score (nSPS) is 21.1. The van der Waals surface area contributed by atoms with Crippen molar-refractivity contribution in [1.29, 1.82) is 0 Å². The molecule has 4 heteroatoms. The third-order valence-electron chi connectivity index (χ3n) is 3.50. The molecule has 2 atom stereocenters. The third-order valence-corrected chi connectivity index (χ3v) is 3.50. The zero-order valence-corrected chi connectivity index (χ0v) is 10.8. The molecule has 1 fully saturated rings. The topological polar surface area (TPSA) is 44.1 Å². The Hall–Kier alpha value is -2.10. The zero-order valence-electron chi connectivity index (χ0n) is 10.8. The van der Waals surface area contributed by atoms with Crippen molar-refractivity contribution < 1.29 is 9.53 Å². The molecular formula is C15H16N2O2. The van der Waals surface area contributed by atoms with Gasteiger partial charge in [0.15, 0.2) is 0 Å². The monoisotopic (exact) mass is 256 g/mol. The minimum absolute atomic E-state index is 0.0661. The highest BCUT2D eigenvalue weighted by Crippen LogP contribution is 2.38. The van der Waals surface area contributed by atoms with E-state index in [9.17, 15) is 4.79 Å². The quantitative estimate of drug-likeness (QED) is 0.790. The van der Waals surface area contributed by atoms with Crippen LogP contribution in [0.5, 0.6) is 0 Å². The molecule has 2 unspecified atom stereocenters. The second-order valence-electron chi connectivity index (χ2n) is 5.04. The van der Waals surface area contributed by atoms with Gasteiger partial charge < -0.3 is 4.74 Å². The van der Waals surface area contributed by atoms with Gasteiger partial charge in [-0.25, -0.2) is 4.68 Å². The standard InChI is InChI=1S/C15H16N2O2/c1-11-9-14(11)15(18)19-10-12-3-5-13(6-4-12)17-8-2-7-16-17/h2-8,11,14H,9-10H2,1H3. The Morgan fingerprint density at radius 2 is 2.16 bits per heavy atom. The number of rotatable bonds is 4. The number of hydrogen-bond donors (Lipinski definition) is 0. The van der Waals surface area contributed by atoms with Gasteiger partial charge in [0.1, 0.15) is 6.61 Å². The molecular weight excluding hydrogens is 240 g/mol. The Balaban J connectivity index is 1.59. The lowest BCUT2D eigenvalue weighted by Gasteiger charge is -2.06. The van der Waals surface area contributed by atoms with Crippen molar-refractivity contribution in [3.05, 3.63) is 48.3 Å². The largest absolute Gasteiger partial charge is 0.461 e. The molecule has 1 aliphatic rings. The lowest BCUT2D eigenvalue weighted by atomic mass is 10.2. The Kier molecular flexibility index (Phi) is 3.07. The summed E-state index contributed by atoms with van der Waals surface area (Å²) >= 11 is 0. The number of ether oxygens (including phenoxy) is 1. The maximum atomic E-state index is 11.6. The molecule has 1 aromatic carbocycles. The zero-order chi connectivity index (χ0) is 13.2. The van der Waals surface area contributed by atoms with Crippen molar-refractivity contribution in [2.24, 2.45) is 11.8 Å². The fourth-order valence-corrected chi connectivity index (χ4v) is 2.08. The van der Waals surface area contributed by atoms with Crippen LogP contribution in [0.3, 0.4) is 0 Å². The van der Waals surface area contributed by atoms with E-state index in [1.54, 1.807) is 10.9 Å². The number of nitrogens with zero attached hydrogens (tertiary/aromatic N) is 2. The second-order valence-corrected chi connectivity index (χ2v) is 5.04. The molecule has 98 valence electrons. The number of hydrogen-bond acceptors (Lipinski definition) is 3. The van der Waals surface area contributed by atoms with E-state index in [-0.39, 0.29) is 11.9 Å². The molecule has 1 aliphatic carbocycles.